The number of hydrogen-bond donors (Lipinski definition) is 0. The van der Waals surface area contributed by atoms with Gasteiger partial charge >= 0.3 is 0 Å². The third-order valence-corrected chi connectivity index (χ3v) is 3.18. The van der Waals surface area contributed by atoms with Crippen molar-refractivity contribution in [2.24, 2.45) is 0 Å². The van der Waals surface area contributed by atoms with Crippen molar-refractivity contribution in [3.8, 4) is 22.8 Å². The SMILES string of the molecule is O=[N+]([O-])[O-].O=[N+]([O-])[O-].[Ag].c1ccc(-c2ccccn2)nc1.c1ccc(-c2ccccn2)nc1. The zero-order chi connectivity index (χ0) is 23.6. The van der Waals surface area contributed by atoms with E-state index in [9.17, 15) is 0 Å². The van der Waals surface area contributed by atoms with Crippen LogP contribution in [0.15, 0.2) is 97.6 Å². The number of rotatable bonds is 2. The molecule has 0 aromatic carbocycles. The molecule has 0 fully saturated rings. The number of pyridine rings is 4. The molecule has 0 aliphatic heterocycles. The van der Waals surface area contributed by atoms with Crippen molar-refractivity contribution < 1.29 is 32.6 Å². The molecular formula is C20H16AgN6O6-2. The van der Waals surface area contributed by atoms with Gasteiger partial charge in [0, 0.05) is 47.2 Å². The van der Waals surface area contributed by atoms with Crippen molar-refractivity contribution in [1.29, 1.82) is 0 Å². The van der Waals surface area contributed by atoms with Crippen LogP contribution in [0, 0.1) is 30.6 Å². The summed E-state index contributed by atoms with van der Waals surface area (Å²) in [6, 6.07) is 23.2. The fourth-order valence-corrected chi connectivity index (χ4v) is 2.06. The first-order valence-corrected chi connectivity index (χ1v) is 8.68. The predicted octanol–water partition coefficient (Wildman–Crippen LogP) is 3.81. The van der Waals surface area contributed by atoms with Gasteiger partial charge < -0.3 is 30.6 Å². The number of nitrogens with zero attached hydrogens (tertiary/aromatic N) is 6. The molecule has 12 nitrogen and oxygen atoms in total. The summed E-state index contributed by atoms with van der Waals surface area (Å²) in [7, 11) is 0. The molecular weight excluding hydrogens is 528 g/mol. The van der Waals surface area contributed by atoms with Crippen LogP contribution in [0.5, 0.6) is 0 Å². The van der Waals surface area contributed by atoms with Crippen LogP contribution in [0.25, 0.3) is 22.8 Å². The maximum Gasteiger partial charge on any atom is 0.0886 e. The van der Waals surface area contributed by atoms with Crippen molar-refractivity contribution >= 4 is 0 Å². The largest absolute Gasteiger partial charge is 0.356 e. The molecule has 33 heavy (non-hydrogen) atoms. The van der Waals surface area contributed by atoms with Crippen LogP contribution < -0.4 is 0 Å². The quantitative estimate of drug-likeness (QED) is 0.204. The van der Waals surface area contributed by atoms with Gasteiger partial charge in [0.15, 0.2) is 0 Å². The van der Waals surface area contributed by atoms with Gasteiger partial charge in [-0.3, -0.25) is 19.9 Å². The van der Waals surface area contributed by atoms with Gasteiger partial charge in [-0.15, -0.1) is 0 Å². The topological polar surface area (TPSA) is 184 Å². The number of hydrogen-bond acceptors (Lipinski definition) is 10. The van der Waals surface area contributed by atoms with Crippen molar-refractivity contribution in [3.05, 3.63) is 128 Å². The van der Waals surface area contributed by atoms with Crippen molar-refractivity contribution in [1.82, 2.24) is 19.9 Å². The van der Waals surface area contributed by atoms with Gasteiger partial charge in [0.2, 0.25) is 0 Å². The minimum Gasteiger partial charge on any atom is -0.356 e. The van der Waals surface area contributed by atoms with Gasteiger partial charge in [0.1, 0.15) is 0 Å². The molecule has 0 saturated heterocycles. The zero-order valence-electron chi connectivity index (χ0n) is 16.7. The molecule has 0 aliphatic carbocycles. The summed E-state index contributed by atoms with van der Waals surface area (Å²) in [5.74, 6) is 0. The van der Waals surface area contributed by atoms with E-state index in [4.69, 9.17) is 30.6 Å². The van der Waals surface area contributed by atoms with Gasteiger partial charge in [0.05, 0.1) is 32.9 Å². The average Bonchev–Trinajstić information content (AvgIpc) is 2.81. The van der Waals surface area contributed by atoms with Gasteiger partial charge in [-0.25, -0.2) is 0 Å². The molecule has 13 heteroatoms. The molecule has 4 heterocycles. The molecule has 4 aromatic rings. The molecule has 0 N–H and O–H groups in total. The maximum absolute atomic E-state index is 8.25. The molecule has 0 unspecified atom stereocenters. The molecule has 0 spiro atoms. The second kappa shape index (κ2) is 17.4. The third-order valence-electron chi connectivity index (χ3n) is 3.18. The molecule has 175 valence electrons. The van der Waals surface area contributed by atoms with Crippen LogP contribution in [0.2, 0.25) is 0 Å². The minimum atomic E-state index is -1.75. The third kappa shape index (κ3) is 14.4. The van der Waals surface area contributed by atoms with E-state index in [1.54, 1.807) is 24.8 Å². The Morgan fingerprint density at radius 2 is 0.636 bits per heavy atom. The van der Waals surface area contributed by atoms with E-state index in [1.165, 1.54) is 0 Å². The van der Waals surface area contributed by atoms with E-state index in [0.717, 1.165) is 22.8 Å². The van der Waals surface area contributed by atoms with Crippen molar-refractivity contribution in [2.45, 2.75) is 0 Å². The molecule has 0 aliphatic rings. The van der Waals surface area contributed by atoms with Crippen LogP contribution in [0.3, 0.4) is 0 Å². The molecule has 4 aromatic heterocycles. The molecule has 0 atom stereocenters. The Morgan fingerprint density at radius 3 is 0.758 bits per heavy atom. The molecule has 1 radical (unpaired) electrons. The summed E-state index contributed by atoms with van der Waals surface area (Å²) < 4.78 is 0. The van der Waals surface area contributed by atoms with Gasteiger partial charge in [-0.1, -0.05) is 24.3 Å². The van der Waals surface area contributed by atoms with E-state index in [1.807, 2.05) is 72.8 Å². The Balaban J connectivity index is 0.000000462. The van der Waals surface area contributed by atoms with E-state index in [-0.39, 0.29) is 22.4 Å². The first-order valence-electron chi connectivity index (χ1n) is 8.68. The maximum atomic E-state index is 8.25. The minimum absolute atomic E-state index is 0. The first-order chi connectivity index (χ1) is 15.4. The van der Waals surface area contributed by atoms with Crippen molar-refractivity contribution in [2.75, 3.05) is 0 Å². The molecule has 0 saturated carbocycles. The Kier molecular flexibility index (Phi) is 15.2. The van der Waals surface area contributed by atoms with Crippen LogP contribution in [0.1, 0.15) is 0 Å². The Morgan fingerprint density at radius 1 is 0.455 bits per heavy atom. The fraction of sp³-hybridized carbons (Fsp3) is 0. The molecule has 0 amide bonds. The van der Waals surface area contributed by atoms with E-state index in [0.29, 0.717) is 0 Å². The summed E-state index contributed by atoms with van der Waals surface area (Å²) in [5.41, 5.74) is 3.66. The number of aromatic nitrogens is 4. The first kappa shape index (κ1) is 28.7. The summed E-state index contributed by atoms with van der Waals surface area (Å²) in [4.78, 5) is 33.2. The van der Waals surface area contributed by atoms with Crippen LogP contribution in [0.4, 0.5) is 0 Å². The average molecular weight is 544 g/mol. The molecule has 4 rings (SSSR count). The standard InChI is InChI=1S/2C10H8N2.Ag.2NO3/c2*1-3-7-11-9(5-1)10-6-2-4-8-12-10;;2*2-1(3)4/h2*1-8H;;;/q;;;2*-1. The van der Waals surface area contributed by atoms with E-state index in [2.05, 4.69) is 19.9 Å². The Bertz CT molecular complexity index is 878. The van der Waals surface area contributed by atoms with Crippen LogP contribution in [-0.4, -0.2) is 30.1 Å². The van der Waals surface area contributed by atoms with Crippen molar-refractivity contribution in [3.63, 3.8) is 0 Å². The summed E-state index contributed by atoms with van der Waals surface area (Å²) in [6.45, 7) is 0. The predicted molar refractivity (Wildman–Crippen MR) is 116 cm³/mol. The smallest absolute Gasteiger partial charge is 0.0886 e. The fourth-order valence-electron chi connectivity index (χ4n) is 2.06. The summed E-state index contributed by atoms with van der Waals surface area (Å²) >= 11 is 0. The van der Waals surface area contributed by atoms with E-state index < -0.39 is 10.2 Å². The normalized spacial score (nSPS) is 8.48. The Hall–Kier alpha value is -4.26. The second-order valence-electron chi connectivity index (χ2n) is 5.31. The summed E-state index contributed by atoms with van der Waals surface area (Å²) in [5, 5.41) is 29.5. The zero-order valence-corrected chi connectivity index (χ0v) is 18.2. The Labute approximate surface area is 203 Å². The van der Waals surface area contributed by atoms with Crippen LogP contribution in [-0.2, 0) is 22.4 Å². The monoisotopic (exact) mass is 543 g/mol. The van der Waals surface area contributed by atoms with Crippen LogP contribution >= 0.6 is 0 Å². The van der Waals surface area contributed by atoms with Gasteiger partial charge in [-0.05, 0) is 48.5 Å². The van der Waals surface area contributed by atoms with Gasteiger partial charge in [0.25, 0.3) is 0 Å². The second-order valence-corrected chi connectivity index (χ2v) is 5.31. The summed E-state index contributed by atoms with van der Waals surface area (Å²) in [6.07, 6.45) is 7.07. The van der Waals surface area contributed by atoms with E-state index >= 15 is 0 Å². The molecule has 0 bridgehead atoms. The van der Waals surface area contributed by atoms with Gasteiger partial charge in [-0.2, -0.15) is 0 Å².